The van der Waals surface area contributed by atoms with Gasteiger partial charge in [0.1, 0.15) is 5.75 Å². The molecule has 130 valence electrons. The molecule has 0 radical (unpaired) electrons. The lowest BCUT2D eigenvalue weighted by atomic mass is 10.0. The fourth-order valence-corrected chi connectivity index (χ4v) is 4.26. The van der Waals surface area contributed by atoms with Crippen molar-refractivity contribution in [2.45, 2.75) is 19.3 Å². The Balaban J connectivity index is 1.86. The van der Waals surface area contributed by atoms with Gasteiger partial charge >= 0.3 is 0 Å². The van der Waals surface area contributed by atoms with E-state index in [2.05, 4.69) is 40.2 Å². The maximum absolute atomic E-state index is 10.6. The number of H-pyrrole nitrogens is 1. The summed E-state index contributed by atoms with van der Waals surface area (Å²) in [6.07, 6.45) is 3.74. The van der Waals surface area contributed by atoms with Crippen molar-refractivity contribution in [3.05, 3.63) is 60.7 Å². The molecule has 0 spiro atoms. The Morgan fingerprint density at radius 3 is 2.23 bits per heavy atom. The summed E-state index contributed by atoms with van der Waals surface area (Å²) in [5, 5.41) is 13.7. The Morgan fingerprint density at radius 2 is 1.46 bits per heavy atom. The first-order valence-corrected chi connectivity index (χ1v) is 9.40. The highest BCUT2D eigenvalue weighted by atomic mass is 16.3. The van der Waals surface area contributed by atoms with Gasteiger partial charge in [0.05, 0.1) is 16.9 Å². The number of phenols is 1. The Kier molecular flexibility index (Phi) is 3.59. The van der Waals surface area contributed by atoms with Gasteiger partial charge in [-0.05, 0) is 25.3 Å². The SMILES string of the molecule is Oc1cc2c(N3CCCCC3)c(-c3ccccc3)[nH]c2c2ccccc12. The third kappa shape index (κ3) is 2.35. The summed E-state index contributed by atoms with van der Waals surface area (Å²) in [5.74, 6) is 0.352. The number of nitrogens with one attached hydrogen (secondary N) is 1. The van der Waals surface area contributed by atoms with Crippen LogP contribution in [0, 0.1) is 0 Å². The van der Waals surface area contributed by atoms with E-state index in [1.807, 2.05) is 30.3 Å². The standard InChI is InChI=1S/C23H22N2O/c26-20-15-19-22(18-12-6-5-11-17(18)20)24-21(16-9-3-1-4-10-16)23(19)25-13-7-2-8-14-25/h1,3-6,9-12,15,24,26H,2,7-8,13-14H2. The first-order valence-electron chi connectivity index (χ1n) is 9.40. The number of aromatic amines is 1. The molecule has 1 fully saturated rings. The molecule has 1 aliphatic heterocycles. The molecule has 3 nitrogen and oxygen atoms in total. The summed E-state index contributed by atoms with van der Waals surface area (Å²) >= 11 is 0. The number of phenolic OH excluding ortho intramolecular Hbond substituents is 1. The molecule has 1 aliphatic rings. The zero-order chi connectivity index (χ0) is 17.5. The lowest BCUT2D eigenvalue weighted by Crippen LogP contribution is -2.29. The first-order chi connectivity index (χ1) is 12.8. The lowest BCUT2D eigenvalue weighted by molar-refractivity contribution is 0.482. The van der Waals surface area contributed by atoms with Crippen molar-refractivity contribution >= 4 is 27.4 Å². The van der Waals surface area contributed by atoms with Crippen molar-refractivity contribution in [1.82, 2.24) is 4.98 Å². The van der Waals surface area contributed by atoms with Gasteiger partial charge in [-0.15, -0.1) is 0 Å². The van der Waals surface area contributed by atoms with E-state index in [4.69, 9.17) is 0 Å². The summed E-state index contributed by atoms with van der Waals surface area (Å²) in [5.41, 5.74) is 4.68. The molecule has 0 aliphatic carbocycles. The molecule has 3 aromatic carbocycles. The van der Waals surface area contributed by atoms with Crippen LogP contribution in [0.3, 0.4) is 0 Å². The van der Waals surface area contributed by atoms with Crippen LogP contribution in [0.15, 0.2) is 60.7 Å². The molecule has 5 rings (SSSR count). The van der Waals surface area contributed by atoms with Crippen LogP contribution in [0.1, 0.15) is 19.3 Å². The molecule has 1 aromatic heterocycles. The largest absolute Gasteiger partial charge is 0.507 e. The summed E-state index contributed by atoms with van der Waals surface area (Å²) in [4.78, 5) is 6.18. The van der Waals surface area contributed by atoms with Gasteiger partial charge in [0.15, 0.2) is 0 Å². The van der Waals surface area contributed by atoms with Crippen molar-refractivity contribution in [3.63, 3.8) is 0 Å². The predicted molar refractivity (Wildman–Crippen MR) is 109 cm³/mol. The Hall–Kier alpha value is -2.94. The second-order valence-electron chi connectivity index (χ2n) is 7.13. The average molecular weight is 342 g/mol. The summed E-state index contributed by atoms with van der Waals surface area (Å²) < 4.78 is 0. The van der Waals surface area contributed by atoms with Crippen molar-refractivity contribution in [2.75, 3.05) is 18.0 Å². The molecule has 4 aromatic rings. The van der Waals surface area contributed by atoms with Crippen LogP contribution in [-0.4, -0.2) is 23.2 Å². The minimum Gasteiger partial charge on any atom is -0.507 e. The molecule has 0 bridgehead atoms. The van der Waals surface area contributed by atoms with Gasteiger partial charge in [-0.2, -0.15) is 0 Å². The van der Waals surface area contributed by atoms with Crippen LogP contribution in [0.25, 0.3) is 32.9 Å². The zero-order valence-corrected chi connectivity index (χ0v) is 14.7. The minimum absolute atomic E-state index is 0.352. The lowest BCUT2D eigenvalue weighted by Gasteiger charge is -2.29. The Labute approximate surface area is 152 Å². The number of aromatic nitrogens is 1. The van der Waals surface area contributed by atoms with Gasteiger partial charge in [-0.25, -0.2) is 0 Å². The third-order valence-corrected chi connectivity index (χ3v) is 5.50. The summed E-state index contributed by atoms with van der Waals surface area (Å²) in [6, 6.07) is 20.5. The van der Waals surface area contributed by atoms with E-state index in [9.17, 15) is 5.11 Å². The second kappa shape index (κ2) is 6.10. The number of anilines is 1. The number of hydrogen-bond acceptors (Lipinski definition) is 2. The van der Waals surface area contributed by atoms with E-state index in [1.165, 1.54) is 30.5 Å². The minimum atomic E-state index is 0.352. The summed E-state index contributed by atoms with van der Waals surface area (Å²) in [6.45, 7) is 2.14. The van der Waals surface area contributed by atoms with E-state index < -0.39 is 0 Å². The number of fused-ring (bicyclic) bond motifs is 3. The van der Waals surface area contributed by atoms with Gasteiger partial charge in [0.2, 0.25) is 0 Å². The smallest absolute Gasteiger partial charge is 0.124 e. The molecule has 0 saturated carbocycles. The maximum Gasteiger partial charge on any atom is 0.124 e. The van der Waals surface area contributed by atoms with Crippen molar-refractivity contribution in [3.8, 4) is 17.0 Å². The molecule has 0 amide bonds. The number of rotatable bonds is 2. The van der Waals surface area contributed by atoms with Crippen molar-refractivity contribution in [2.24, 2.45) is 0 Å². The number of nitrogens with zero attached hydrogens (tertiary/aromatic N) is 1. The highest BCUT2D eigenvalue weighted by Gasteiger charge is 2.22. The zero-order valence-electron chi connectivity index (χ0n) is 14.7. The predicted octanol–water partition coefficient (Wildman–Crippen LogP) is 5.68. The molecule has 1 saturated heterocycles. The highest BCUT2D eigenvalue weighted by molar-refractivity contribution is 6.15. The van der Waals surface area contributed by atoms with E-state index >= 15 is 0 Å². The third-order valence-electron chi connectivity index (χ3n) is 5.50. The van der Waals surface area contributed by atoms with Gasteiger partial charge < -0.3 is 15.0 Å². The van der Waals surface area contributed by atoms with Crippen molar-refractivity contribution < 1.29 is 5.11 Å². The van der Waals surface area contributed by atoms with E-state index in [1.54, 1.807) is 0 Å². The highest BCUT2D eigenvalue weighted by Crippen LogP contribution is 2.43. The van der Waals surface area contributed by atoms with E-state index in [0.29, 0.717) is 5.75 Å². The molecule has 2 N–H and O–H groups in total. The number of piperidine rings is 1. The van der Waals surface area contributed by atoms with Gasteiger partial charge in [-0.1, -0.05) is 54.6 Å². The normalized spacial score (nSPS) is 15.0. The number of hydrogen-bond donors (Lipinski definition) is 2. The second-order valence-corrected chi connectivity index (χ2v) is 7.13. The number of benzene rings is 3. The van der Waals surface area contributed by atoms with Crippen LogP contribution >= 0.6 is 0 Å². The van der Waals surface area contributed by atoms with Crippen LogP contribution in [-0.2, 0) is 0 Å². The molecule has 0 atom stereocenters. The fraction of sp³-hybridized carbons (Fsp3) is 0.217. The molecular formula is C23H22N2O. The average Bonchev–Trinajstić information content (AvgIpc) is 3.09. The van der Waals surface area contributed by atoms with Crippen molar-refractivity contribution in [1.29, 1.82) is 0 Å². The molecule has 0 unspecified atom stereocenters. The van der Waals surface area contributed by atoms with E-state index in [0.717, 1.165) is 40.5 Å². The van der Waals surface area contributed by atoms with Gasteiger partial charge in [-0.3, -0.25) is 0 Å². The topological polar surface area (TPSA) is 39.3 Å². The molecular weight excluding hydrogens is 320 g/mol. The van der Waals surface area contributed by atoms with Crippen LogP contribution in [0.5, 0.6) is 5.75 Å². The quantitative estimate of drug-likeness (QED) is 0.491. The summed E-state index contributed by atoms with van der Waals surface area (Å²) in [7, 11) is 0. The van der Waals surface area contributed by atoms with Crippen LogP contribution in [0.2, 0.25) is 0 Å². The maximum atomic E-state index is 10.6. The van der Waals surface area contributed by atoms with Crippen LogP contribution < -0.4 is 4.90 Å². The Bertz CT molecular complexity index is 1080. The molecule has 3 heteroatoms. The van der Waals surface area contributed by atoms with Gasteiger partial charge in [0.25, 0.3) is 0 Å². The van der Waals surface area contributed by atoms with Gasteiger partial charge in [0, 0.05) is 34.8 Å². The Morgan fingerprint density at radius 1 is 0.769 bits per heavy atom. The van der Waals surface area contributed by atoms with E-state index in [-0.39, 0.29) is 0 Å². The monoisotopic (exact) mass is 342 g/mol. The molecule has 2 heterocycles. The fourth-order valence-electron chi connectivity index (χ4n) is 4.26. The molecule has 26 heavy (non-hydrogen) atoms. The number of aromatic hydroxyl groups is 1. The first kappa shape index (κ1) is 15.3. The van der Waals surface area contributed by atoms with Crippen LogP contribution in [0.4, 0.5) is 5.69 Å².